The number of halogens is 1. The summed E-state index contributed by atoms with van der Waals surface area (Å²) in [6.07, 6.45) is 2.62. The molecule has 1 aliphatic carbocycles. The second-order valence-corrected chi connectivity index (χ2v) is 7.51. The van der Waals surface area contributed by atoms with Gasteiger partial charge in [-0.15, -0.1) is 0 Å². The van der Waals surface area contributed by atoms with E-state index in [9.17, 15) is 13.7 Å². The average molecular weight is 327 g/mol. The van der Waals surface area contributed by atoms with Gasteiger partial charge in [-0.2, -0.15) is 9.57 Å². The third-order valence-electron chi connectivity index (χ3n) is 4.11. The van der Waals surface area contributed by atoms with Crippen molar-refractivity contribution >= 4 is 21.6 Å². The number of nitrogens with zero attached hydrogens (tertiary/aromatic N) is 2. The summed E-state index contributed by atoms with van der Waals surface area (Å²) in [5.41, 5.74) is 0.0141. The molecule has 112 valence electrons. The highest BCUT2D eigenvalue weighted by molar-refractivity contribution is 7.89. The zero-order chi connectivity index (χ0) is 15.0. The Hall–Kier alpha value is -1.13. The monoisotopic (exact) mass is 326 g/mol. The molecule has 5 nitrogen and oxygen atoms in total. The highest BCUT2D eigenvalue weighted by Crippen LogP contribution is 2.35. The smallest absolute Gasteiger partial charge is 0.244 e. The van der Waals surface area contributed by atoms with Gasteiger partial charge in [0.1, 0.15) is 11.0 Å². The number of fused-ring (bicyclic) bond motifs is 1. The lowest BCUT2D eigenvalue weighted by Gasteiger charge is -2.36. The minimum absolute atomic E-state index is 0.00921. The van der Waals surface area contributed by atoms with Gasteiger partial charge in [-0.25, -0.2) is 8.42 Å². The predicted octanol–water partition coefficient (Wildman–Crippen LogP) is 2.15. The maximum Gasteiger partial charge on any atom is 0.244 e. The second-order valence-electron chi connectivity index (χ2n) is 5.25. The Morgan fingerprint density at radius 3 is 2.95 bits per heavy atom. The van der Waals surface area contributed by atoms with Gasteiger partial charge in [0.15, 0.2) is 0 Å². The summed E-state index contributed by atoms with van der Waals surface area (Å²) in [5.74, 6) is 0. The molecule has 0 unspecified atom stereocenters. The van der Waals surface area contributed by atoms with Crippen molar-refractivity contribution in [3.8, 4) is 6.07 Å². The molecule has 3 rings (SSSR count). The molecule has 0 radical (unpaired) electrons. The number of ether oxygens (including phenoxy) is 1. The Morgan fingerprint density at radius 2 is 2.19 bits per heavy atom. The molecule has 1 heterocycles. The molecule has 1 aromatic carbocycles. The van der Waals surface area contributed by atoms with Gasteiger partial charge in [-0.3, -0.25) is 0 Å². The van der Waals surface area contributed by atoms with Gasteiger partial charge in [-0.1, -0.05) is 17.7 Å². The Bertz CT molecular complexity index is 699. The summed E-state index contributed by atoms with van der Waals surface area (Å²) in [7, 11) is -3.74. The molecule has 1 saturated heterocycles. The predicted molar refractivity (Wildman–Crippen MR) is 77.4 cm³/mol. The van der Waals surface area contributed by atoms with E-state index in [1.165, 1.54) is 16.4 Å². The van der Waals surface area contributed by atoms with Crippen molar-refractivity contribution in [1.29, 1.82) is 5.26 Å². The lowest BCUT2D eigenvalue weighted by Crippen LogP contribution is -2.51. The van der Waals surface area contributed by atoms with Crippen LogP contribution in [0.25, 0.3) is 0 Å². The summed E-state index contributed by atoms with van der Waals surface area (Å²) in [6.45, 7) is 0.712. The Morgan fingerprint density at radius 1 is 1.38 bits per heavy atom. The molecule has 0 bridgehead atoms. The molecular weight excluding hydrogens is 312 g/mol. The molecular formula is C14H15ClN2O3S. The van der Waals surface area contributed by atoms with Crippen LogP contribution >= 0.6 is 11.6 Å². The maximum atomic E-state index is 12.9. The molecule has 2 aliphatic rings. The van der Waals surface area contributed by atoms with Crippen molar-refractivity contribution in [2.45, 2.75) is 36.3 Å². The highest BCUT2D eigenvalue weighted by Gasteiger charge is 2.43. The topological polar surface area (TPSA) is 70.4 Å². The van der Waals surface area contributed by atoms with E-state index in [1.54, 1.807) is 6.07 Å². The van der Waals surface area contributed by atoms with Gasteiger partial charge >= 0.3 is 0 Å². The molecule has 1 aliphatic heterocycles. The maximum absolute atomic E-state index is 12.9. The minimum atomic E-state index is -3.74. The van der Waals surface area contributed by atoms with Gasteiger partial charge in [0, 0.05) is 6.54 Å². The molecule has 0 spiro atoms. The van der Waals surface area contributed by atoms with Crippen molar-refractivity contribution in [2.75, 3.05) is 13.2 Å². The third kappa shape index (κ3) is 2.44. The van der Waals surface area contributed by atoms with Crippen LogP contribution in [0.15, 0.2) is 23.1 Å². The van der Waals surface area contributed by atoms with Gasteiger partial charge in [-0.05, 0) is 31.4 Å². The zero-order valence-electron chi connectivity index (χ0n) is 11.3. The number of hydrogen-bond acceptors (Lipinski definition) is 4. The van der Waals surface area contributed by atoms with Crippen LogP contribution in [0.4, 0.5) is 0 Å². The first-order valence-electron chi connectivity index (χ1n) is 6.88. The molecule has 1 saturated carbocycles. The van der Waals surface area contributed by atoms with Crippen LogP contribution in [-0.4, -0.2) is 38.0 Å². The fourth-order valence-electron chi connectivity index (χ4n) is 3.14. The quantitative estimate of drug-likeness (QED) is 0.835. The van der Waals surface area contributed by atoms with E-state index in [0.29, 0.717) is 13.2 Å². The van der Waals surface area contributed by atoms with Gasteiger partial charge in [0.05, 0.1) is 29.3 Å². The van der Waals surface area contributed by atoms with Gasteiger partial charge in [0.25, 0.3) is 0 Å². The van der Waals surface area contributed by atoms with Crippen LogP contribution in [0, 0.1) is 11.3 Å². The van der Waals surface area contributed by atoms with Crippen molar-refractivity contribution in [1.82, 2.24) is 4.31 Å². The van der Waals surface area contributed by atoms with Crippen LogP contribution in [0.2, 0.25) is 5.02 Å². The summed E-state index contributed by atoms with van der Waals surface area (Å²) in [5, 5.41) is 9.37. The molecule has 0 aromatic heterocycles. The highest BCUT2D eigenvalue weighted by atomic mass is 35.5. The van der Waals surface area contributed by atoms with E-state index >= 15 is 0 Å². The molecule has 0 amide bonds. The number of nitriles is 1. The van der Waals surface area contributed by atoms with Crippen molar-refractivity contribution in [3.05, 3.63) is 28.8 Å². The van der Waals surface area contributed by atoms with Crippen LogP contribution in [-0.2, 0) is 14.8 Å². The van der Waals surface area contributed by atoms with E-state index in [1.807, 2.05) is 6.07 Å². The Balaban J connectivity index is 2.05. The molecule has 21 heavy (non-hydrogen) atoms. The standard InChI is InChI=1S/C14H15ClN2O3S/c15-11-3-1-6-14(10(11)9-16)21(18,19)17-7-8-20-13-5-2-4-12(13)17/h1,3,6,12-13H,2,4-5,7-8H2/t12-,13+/m1/s1. The normalized spacial score (nSPS) is 26.3. The summed E-state index contributed by atoms with van der Waals surface area (Å²) in [4.78, 5) is -0.00921. The van der Waals surface area contributed by atoms with Crippen LogP contribution < -0.4 is 0 Å². The Labute approximate surface area is 129 Å². The zero-order valence-corrected chi connectivity index (χ0v) is 12.9. The lowest BCUT2D eigenvalue weighted by atomic mass is 10.2. The van der Waals surface area contributed by atoms with E-state index < -0.39 is 10.0 Å². The van der Waals surface area contributed by atoms with E-state index in [-0.39, 0.29) is 27.6 Å². The minimum Gasteiger partial charge on any atom is -0.375 e. The number of morpholine rings is 1. The molecule has 7 heteroatoms. The second kappa shape index (κ2) is 5.58. The van der Waals surface area contributed by atoms with Gasteiger partial charge < -0.3 is 4.74 Å². The third-order valence-corrected chi connectivity index (χ3v) is 6.39. The first-order chi connectivity index (χ1) is 10.1. The molecule has 2 atom stereocenters. The van der Waals surface area contributed by atoms with Crippen LogP contribution in [0.3, 0.4) is 0 Å². The van der Waals surface area contributed by atoms with E-state index in [2.05, 4.69) is 0 Å². The number of rotatable bonds is 2. The molecule has 2 fully saturated rings. The largest absolute Gasteiger partial charge is 0.375 e. The van der Waals surface area contributed by atoms with Crippen molar-refractivity contribution in [2.24, 2.45) is 0 Å². The SMILES string of the molecule is N#Cc1c(Cl)cccc1S(=O)(=O)N1CCO[C@H]2CCC[C@H]21. The van der Waals surface area contributed by atoms with Crippen molar-refractivity contribution < 1.29 is 13.2 Å². The van der Waals surface area contributed by atoms with Crippen LogP contribution in [0.1, 0.15) is 24.8 Å². The number of sulfonamides is 1. The fourth-order valence-corrected chi connectivity index (χ4v) is 5.24. The Kier molecular flexibility index (Phi) is 3.93. The van der Waals surface area contributed by atoms with E-state index in [0.717, 1.165) is 19.3 Å². The average Bonchev–Trinajstić information content (AvgIpc) is 2.95. The summed E-state index contributed by atoms with van der Waals surface area (Å²) < 4.78 is 33.0. The first kappa shape index (κ1) is 14.8. The molecule has 1 aromatic rings. The number of benzene rings is 1. The summed E-state index contributed by atoms with van der Waals surface area (Å²) in [6, 6.07) is 6.30. The summed E-state index contributed by atoms with van der Waals surface area (Å²) >= 11 is 5.96. The van der Waals surface area contributed by atoms with Crippen molar-refractivity contribution in [3.63, 3.8) is 0 Å². The number of hydrogen-bond donors (Lipinski definition) is 0. The fraction of sp³-hybridized carbons (Fsp3) is 0.500. The lowest BCUT2D eigenvalue weighted by molar-refractivity contribution is -0.0241. The van der Waals surface area contributed by atoms with Crippen LogP contribution in [0.5, 0.6) is 0 Å². The first-order valence-corrected chi connectivity index (χ1v) is 8.69. The van der Waals surface area contributed by atoms with Gasteiger partial charge in [0.2, 0.25) is 10.0 Å². The van der Waals surface area contributed by atoms with E-state index in [4.69, 9.17) is 16.3 Å². The molecule has 0 N–H and O–H groups in total.